The Bertz CT molecular complexity index is 416. The van der Waals surface area contributed by atoms with Gasteiger partial charge in [-0.15, -0.1) is 12.4 Å². The zero-order valence-corrected chi connectivity index (χ0v) is 14.0. The van der Waals surface area contributed by atoms with Crippen LogP contribution in [0, 0.1) is 0 Å². The Kier molecular flexibility index (Phi) is 7.80. The Balaban J connectivity index is 0.00000200. The lowest BCUT2D eigenvalue weighted by molar-refractivity contribution is 0.157. The van der Waals surface area contributed by atoms with Gasteiger partial charge in [0, 0.05) is 32.2 Å². The van der Waals surface area contributed by atoms with Crippen molar-refractivity contribution in [2.75, 3.05) is 40.0 Å². The lowest BCUT2D eigenvalue weighted by atomic mass is 10.0. The highest BCUT2D eigenvalue weighted by molar-refractivity contribution is 9.10. The summed E-state index contributed by atoms with van der Waals surface area (Å²) in [5.74, 6) is 0.808. The second-order valence-corrected chi connectivity index (χ2v) is 5.53. The van der Waals surface area contributed by atoms with Crippen molar-refractivity contribution < 1.29 is 9.13 Å². The van der Waals surface area contributed by atoms with Crippen molar-refractivity contribution in [3.05, 3.63) is 28.2 Å². The summed E-state index contributed by atoms with van der Waals surface area (Å²) in [5, 5.41) is 3.33. The molecule has 20 heavy (non-hydrogen) atoms. The highest BCUT2D eigenvalue weighted by Crippen LogP contribution is 2.32. The highest BCUT2D eigenvalue weighted by Gasteiger charge is 2.22. The van der Waals surface area contributed by atoms with Crippen LogP contribution in [0.25, 0.3) is 0 Å². The van der Waals surface area contributed by atoms with E-state index in [-0.39, 0.29) is 25.1 Å². The minimum atomic E-state index is -0.293. The molecule has 0 bridgehead atoms. The Hall–Kier alpha value is -0.360. The van der Waals surface area contributed by atoms with Gasteiger partial charge >= 0.3 is 0 Å². The van der Waals surface area contributed by atoms with Gasteiger partial charge in [0.15, 0.2) is 0 Å². The minimum Gasteiger partial charge on any atom is -0.496 e. The number of ether oxygens (including phenoxy) is 1. The summed E-state index contributed by atoms with van der Waals surface area (Å²) in [6, 6.07) is 6.16. The van der Waals surface area contributed by atoms with Gasteiger partial charge in [-0.05, 0) is 40.0 Å². The maximum atomic E-state index is 12.9. The molecule has 0 radical (unpaired) electrons. The van der Waals surface area contributed by atoms with E-state index in [2.05, 4.69) is 26.1 Å². The number of rotatable bonds is 5. The number of nitrogens with zero attached hydrogens (tertiary/aromatic N) is 1. The van der Waals surface area contributed by atoms with Crippen LogP contribution < -0.4 is 10.1 Å². The van der Waals surface area contributed by atoms with Crippen LogP contribution in [0.3, 0.4) is 0 Å². The zero-order chi connectivity index (χ0) is 13.7. The normalized spacial score (nSPS) is 17.4. The number of hydrogen-bond donors (Lipinski definition) is 1. The molecule has 1 aromatic rings. The van der Waals surface area contributed by atoms with Crippen molar-refractivity contribution in [2.45, 2.75) is 12.5 Å². The number of halogens is 3. The molecule has 1 heterocycles. The van der Waals surface area contributed by atoms with Crippen LogP contribution in [0.15, 0.2) is 22.7 Å². The first-order valence-electron chi connectivity index (χ1n) is 6.60. The molecule has 1 N–H and O–H groups in total. The van der Waals surface area contributed by atoms with Crippen LogP contribution in [0.1, 0.15) is 18.0 Å². The van der Waals surface area contributed by atoms with E-state index >= 15 is 0 Å². The minimum absolute atomic E-state index is 0. The van der Waals surface area contributed by atoms with Gasteiger partial charge in [-0.2, -0.15) is 0 Å². The summed E-state index contributed by atoms with van der Waals surface area (Å²) in [5.41, 5.74) is 1.15. The zero-order valence-electron chi connectivity index (χ0n) is 11.6. The van der Waals surface area contributed by atoms with Crippen molar-refractivity contribution >= 4 is 28.3 Å². The lowest BCUT2D eigenvalue weighted by Crippen LogP contribution is -2.45. The van der Waals surface area contributed by atoms with Crippen molar-refractivity contribution in [3.8, 4) is 5.75 Å². The summed E-state index contributed by atoms with van der Waals surface area (Å²) >= 11 is 3.50. The molecule has 3 nitrogen and oxygen atoms in total. The quantitative estimate of drug-likeness (QED) is 0.865. The third kappa shape index (κ3) is 4.32. The third-order valence-corrected chi connectivity index (χ3v) is 4.16. The summed E-state index contributed by atoms with van der Waals surface area (Å²) in [7, 11) is 1.65. The molecule has 0 amide bonds. The molecule has 2 rings (SSSR count). The average molecular weight is 368 g/mol. The molecular formula is C14H21BrClFN2O. The number of hydrogen-bond acceptors (Lipinski definition) is 3. The van der Waals surface area contributed by atoms with Gasteiger partial charge in [0.2, 0.25) is 0 Å². The van der Waals surface area contributed by atoms with Crippen LogP contribution >= 0.6 is 28.3 Å². The molecule has 0 aliphatic carbocycles. The van der Waals surface area contributed by atoms with E-state index in [4.69, 9.17) is 4.74 Å². The fraction of sp³-hybridized carbons (Fsp3) is 0.571. The monoisotopic (exact) mass is 366 g/mol. The number of nitrogens with one attached hydrogen (secondary N) is 1. The van der Waals surface area contributed by atoms with Crippen molar-refractivity contribution in [3.63, 3.8) is 0 Å². The number of alkyl halides is 1. The van der Waals surface area contributed by atoms with Gasteiger partial charge in [0.1, 0.15) is 5.75 Å². The molecule has 0 aromatic heterocycles. The summed E-state index contributed by atoms with van der Waals surface area (Å²) in [6.45, 7) is 3.58. The van der Waals surface area contributed by atoms with Crippen LogP contribution in [0.2, 0.25) is 0 Å². The summed E-state index contributed by atoms with van der Waals surface area (Å²) in [6.07, 6.45) is 0.540. The van der Waals surface area contributed by atoms with E-state index in [1.165, 1.54) is 0 Å². The number of piperazine rings is 1. The number of methoxy groups -OCH3 is 1. The second-order valence-electron chi connectivity index (χ2n) is 4.67. The maximum absolute atomic E-state index is 12.9. The van der Waals surface area contributed by atoms with Gasteiger partial charge in [0.25, 0.3) is 0 Å². The van der Waals surface area contributed by atoms with Gasteiger partial charge in [-0.25, -0.2) is 0 Å². The molecule has 6 heteroatoms. The predicted molar refractivity (Wildman–Crippen MR) is 85.7 cm³/mol. The van der Waals surface area contributed by atoms with E-state index in [0.717, 1.165) is 42.0 Å². The van der Waals surface area contributed by atoms with Gasteiger partial charge in [0.05, 0.1) is 18.3 Å². The summed E-state index contributed by atoms with van der Waals surface area (Å²) in [4.78, 5) is 2.35. The van der Waals surface area contributed by atoms with Crippen LogP contribution in [-0.4, -0.2) is 44.9 Å². The van der Waals surface area contributed by atoms with Gasteiger partial charge in [-0.3, -0.25) is 9.29 Å². The molecular weight excluding hydrogens is 347 g/mol. The first-order chi connectivity index (χ1) is 9.26. The average Bonchev–Trinajstić information content (AvgIpc) is 2.45. The Morgan fingerprint density at radius 1 is 1.40 bits per heavy atom. The third-order valence-electron chi connectivity index (χ3n) is 3.54. The van der Waals surface area contributed by atoms with Crippen molar-refractivity contribution in [1.82, 2.24) is 10.2 Å². The van der Waals surface area contributed by atoms with E-state index in [1.807, 2.05) is 18.2 Å². The van der Waals surface area contributed by atoms with E-state index < -0.39 is 0 Å². The molecule has 1 saturated heterocycles. The fourth-order valence-electron chi connectivity index (χ4n) is 2.55. The van der Waals surface area contributed by atoms with Crippen molar-refractivity contribution in [2.24, 2.45) is 0 Å². The highest BCUT2D eigenvalue weighted by atomic mass is 79.9. The summed E-state index contributed by atoms with van der Waals surface area (Å²) < 4.78 is 19.0. The van der Waals surface area contributed by atoms with Crippen LogP contribution in [0.4, 0.5) is 4.39 Å². The van der Waals surface area contributed by atoms with Gasteiger partial charge < -0.3 is 10.1 Å². The maximum Gasteiger partial charge on any atom is 0.133 e. The first-order valence-corrected chi connectivity index (χ1v) is 7.39. The molecule has 0 spiro atoms. The Morgan fingerprint density at radius 3 is 2.65 bits per heavy atom. The van der Waals surface area contributed by atoms with E-state index in [1.54, 1.807) is 7.11 Å². The first kappa shape index (κ1) is 17.7. The van der Waals surface area contributed by atoms with E-state index in [9.17, 15) is 4.39 Å². The van der Waals surface area contributed by atoms with Crippen molar-refractivity contribution in [1.29, 1.82) is 0 Å². The van der Waals surface area contributed by atoms with E-state index in [0.29, 0.717) is 6.42 Å². The molecule has 1 aromatic carbocycles. The molecule has 1 fully saturated rings. The molecule has 1 atom stereocenters. The molecule has 114 valence electrons. The standard InChI is InChI=1S/C14H20BrFN2O.ClH/c1-19-14-3-2-11(10-12(14)15)13(4-5-16)18-8-6-17-7-9-18;/h2-3,10,13,17H,4-9H2,1H3;1H/t13-;/m1./s1. The number of benzene rings is 1. The Morgan fingerprint density at radius 2 is 2.10 bits per heavy atom. The predicted octanol–water partition coefficient (Wildman–Crippen LogP) is 3.19. The smallest absolute Gasteiger partial charge is 0.133 e. The molecule has 1 aliphatic heterocycles. The fourth-order valence-corrected chi connectivity index (χ4v) is 3.11. The second kappa shape index (κ2) is 8.82. The Labute approximate surface area is 134 Å². The molecule has 0 unspecified atom stereocenters. The van der Waals surface area contributed by atoms with Gasteiger partial charge in [-0.1, -0.05) is 6.07 Å². The lowest BCUT2D eigenvalue weighted by Gasteiger charge is -2.35. The van der Waals surface area contributed by atoms with Crippen LogP contribution in [-0.2, 0) is 0 Å². The largest absolute Gasteiger partial charge is 0.496 e. The molecule has 0 saturated carbocycles. The SMILES string of the molecule is COc1ccc([C@@H](CCF)N2CCNCC2)cc1Br.Cl. The van der Waals surface area contributed by atoms with Crippen LogP contribution in [0.5, 0.6) is 5.75 Å². The molecule has 1 aliphatic rings. The topological polar surface area (TPSA) is 24.5 Å².